The average molecular weight is 291 g/mol. The van der Waals surface area contributed by atoms with Gasteiger partial charge < -0.3 is 4.90 Å². The summed E-state index contributed by atoms with van der Waals surface area (Å²) in [6.45, 7) is 0.747. The van der Waals surface area contributed by atoms with Crippen LogP contribution >= 0.6 is 27.5 Å². The van der Waals surface area contributed by atoms with Crippen molar-refractivity contribution in [2.24, 2.45) is 0 Å². The topological polar surface area (TPSA) is 20.3 Å². The molecule has 0 saturated heterocycles. The molecule has 0 saturated carbocycles. The van der Waals surface area contributed by atoms with Crippen molar-refractivity contribution in [3.63, 3.8) is 0 Å². The zero-order valence-corrected chi connectivity index (χ0v) is 10.9. The van der Waals surface area contributed by atoms with Crippen molar-refractivity contribution >= 4 is 33.4 Å². The van der Waals surface area contributed by atoms with Crippen LogP contribution in [0.1, 0.15) is 16.8 Å². The largest absolute Gasteiger partial charge is 0.342 e. The van der Waals surface area contributed by atoms with Crippen LogP contribution in [0, 0.1) is 0 Å². The average Bonchev–Trinajstić information content (AvgIpc) is 2.24. The summed E-state index contributed by atoms with van der Waals surface area (Å²) < 4.78 is 0. The van der Waals surface area contributed by atoms with E-state index in [1.54, 1.807) is 36.2 Å². The molecule has 0 aliphatic rings. The van der Waals surface area contributed by atoms with Gasteiger partial charge in [-0.25, -0.2) is 0 Å². The third kappa shape index (κ3) is 3.84. The maximum atomic E-state index is 11.9. The Kier molecular flexibility index (Phi) is 5.12. The van der Waals surface area contributed by atoms with E-state index in [0.29, 0.717) is 10.6 Å². The maximum Gasteiger partial charge on any atom is 0.253 e. The van der Waals surface area contributed by atoms with Crippen LogP contribution in [-0.4, -0.2) is 29.7 Å². The molecule has 1 aromatic carbocycles. The molecule has 2 nitrogen and oxygen atoms in total. The molecule has 0 spiro atoms. The molecule has 0 bridgehead atoms. The van der Waals surface area contributed by atoms with Gasteiger partial charge in [0.05, 0.1) is 0 Å². The molecular weight excluding hydrogens is 277 g/mol. The van der Waals surface area contributed by atoms with Crippen LogP contribution in [0.3, 0.4) is 0 Å². The quantitative estimate of drug-likeness (QED) is 0.780. The first kappa shape index (κ1) is 12.5. The van der Waals surface area contributed by atoms with E-state index in [0.717, 1.165) is 18.3 Å². The zero-order chi connectivity index (χ0) is 11.3. The van der Waals surface area contributed by atoms with Crippen LogP contribution < -0.4 is 0 Å². The summed E-state index contributed by atoms with van der Waals surface area (Å²) in [5.41, 5.74) is 0.638. The number of benzene rings is 1. The number of halogens is 2. The first-order chi connectivity index (χ1) is 7.15. The number of alkyl halides is 1. The van der Waals surface area contributed by atoms with E-state index in [1.807, 2.05) is 0 Å². The monoisotopic (exact) mass is 289 g/mol. The molecule has 82 valence electrons. The van der Waals surface area contributed by atoms with E-state index in [4.69, 9.17) is 11.6 Å². The third-order valence-electron chi connectivity index (χ3n) is 2.05. The van der Waals surface area contributed by atoms with Crippen LogP contribution in [0.4, 0.5) is 0 Å². The molecule has 15 heavy (non-hydrogen) atoms. The minimum atomic E-state index is 0.0125. The molecule has 0 aliphatic carbocycles. The number of hydrogen-bond acceptors (Lipinski definition) is 1. The number of carbonyl (C=O) groups is 1. The number of hydrogen-bond donors (Lipinski definition) is 0. The van der Waals surface area contributed by atoms with E-state index < -0.39 is 0 Å². The van der Waals surface area contributed by atoms with Crippen molar-refractivity contribution in [3.8, 4) is 0 Å². The first-order valence-electron chi connectivity index (χ1n) is 4.72. The standard InChI is InChI=1S/C11H13BrClNO/c1-14(7-3-6-12)11(15)9-4-2-5-10(13)8-9/h2,4-5,8H,3,6-7H2,1H3. The van der Waals surface area contributed by atoms with Crippen LogP contribution in [0.25, 0.3) is 0 Å². The second-order valence-electron chi connectivity index (χ2n) is 3.28. The normalized spacial score (nSPS) is 10.1. The van der Waals surface area contributed by atoms with Crippen LogP contribution in [-0.2, 0) is 0 Å². The summed E-state index contributed by atoms with van der Waals surface area (Å²) in [6.07, 6.45) is 0.947. The Balaban J connectivity index is 2.67. The summed E-state index contributed by atoms with van der Waals surface area (Å²) in [6, 6.07) is 7.01. The molecule has 0 aliphatic heterocycles. The Morgan fingerprint density at radius 3 is 2.87 bits per heavy atom. The van der Waals surface area contributed by atoms with Crippen LogP contribution in [0.2, 0.25) is 5.02 Å². The second kappa shape index (κ2) is 6.13. The van der Waals surface area contributed by atoms with Gasteiger partial charge in [-0.2, -0.15) is 0 Å². The molecule has 0 fully saturated rings. The Labute approximate surface area is 103 Å². The van der Waals surface area contributed by atoms with Gasteiger partial charge in [0, 0.05) is 29.5 Å². The SMILES string of the molecule is CN(CCCBr)C(=O)c1cccc(Cl)c1. The lowest BCUT2D eigenvalue weighted by molar-refractivity contribution is 0.0795. The highest BCUT2D eigenvalue weighted by Gasteiger charge is 2.10. The Hall–Kier alpha value is -0.540. The smallest absolute Gasteiger partial charge is 0.253 e. The summed E-state index contributed by atoms with van der Waals surface area (Å²) in [5.74, 6) is 0.0125. The second-order valence-corrected chi connectivity index (χ2v) is 4.51. The number of rotatable bonds is 4. The van der Waals surface area contributed by atoms with E-state index in [1.165, 1.54) is 0 Å². The molecule has 1 amide bonds. The molecule has 1 rings (SSSR count). The van der Waals surface area contributed by atoms with Gasteiger partial charge in [0.15, 0.2) is 0 Å². The highest BCUT2D eigenvalue weighted by atomic mass is 79.9. The molecule has 0 heterocycles. The van der Waals surface area contributed by atoms with Crippen molar-refractivity contribution in [1.82, 2.24) is 4.90 Å². The Bertz CT molecular complexity index is 343. The van der Waals surface area contributed by atoms with Gasteiger partial charge in [-0.3, -0.25) is 4.79 Å². The predicted molar refractivity (Wildman–Crippen MR) is 66.8 cm³/mol. The van der Waals surface area contributed by atoms with E-state index in [2.05, 4.69) is 15.9 Å². The molecule has 0 unspecified atom stereocenters. The highest BCUT2D eigenvalue weighted by Crippen LogP contribution is 2.12. The van der Waals surface area contributed by atoms with Crippen LogP contribution in [0.15, 0.2) is 24.3 Å². The highest BCUT2D eigenvalue weighted by molar-refractivity contribution is 9.09. The molecule has 4 heteroatoms. The first-order valence-corrected chi connectivity index (χ1v) is 6.22. The van der Waals surface area contributed by atoms with Crippen molar-refractivity contribution < 1.29 is 4.79 Å². The van der Waals surface area contributed by atoms with Gasteiger partial charge in [-0.15, -0.1) is 0 Å². The molecule has 0 aromatic heterocycles. The summed E-state index contributed by atoms with van der Waals surface area (Å²) in [4.78, 5) is 13.6. The fourth-order valence-electron chi connectivity index (χ4n) is 1.24. The summed E-state index contributed by atoms with van der Waals surface area (Å²) in [7, 11) is 1.80. The van der Waals surface area contributed by atoms with Crippen molar-refractivity contribution in [2.75, 3.05) is 18.9 Å². The predicted octanol–water partition coefficient (Wildman–Crippen LogP) is 3.20. The van der Waals surface area contributed by atoms with Gasteiger partial charge in [0.2, 0.25) is 0 Å². The van der Waals surface area contributed by atoms with E-state index in [9.17, 15) is 4.79 Å². The number of carbonyl (C=O) groups excluding carboxylic acids is 1. The maximum absolute atomic E-state index is 11.9. The minimum Gasteiger partial charge on any atom is -0.342 e. The Morgan fingerprint density at radius 1 is 1.53 bits per heavy atom. The zero-order valence-electron chi connectivity index (χ0n) is 8.54. The van der Waals surface area contributed by atoms with Crippen molar-refractivity contribution in [3.05, 3.63) is 34.9 Å². The molecular formula is C11H13BrClNO. The number of nitrogens with zero attached hydrogens (tertiary/aromatic N) is 1. The fourth-order valence-corrected chi connectivity index (χ4v) is 1.68. The van der Waals surface area contributed by atoms with Crippen molar-refractivity contribution in [1.29, 1.82) is 0 Å². The molecule has 0 atom stereocenters. The van der Waals surface area contributed by atoms with Gasteiger partial charge in [0.1, 0.15) is 0 Å². The lowest BCUT2D eigenvalue weighted by Crippen LogP contribution is -2.27. The summed E-state index contributed by atoms with van der Waals surface area (Å²) >= 11 is 9.16. The van der Waals surface area contributed by atoms with Gasteiger partial charge in [-0.05, 0) is 24.6 Å². The third-order valence-corrected chi connectivity index (χ3v) is 2.84. The van der Waals surface area contributed by atoms with Gasteiger partial charge >= 0.3 is 0 Å². The van der Waals surface area contributed by atoms with Crippen LogP contribution in [0.5, 0.6) is 0 Å². The van der Waals surface area contributed by atoms with Gasteiger partial charge in [0.25, 0.3) is 5.91 Å². The number of amides is 1. The fraction of sp³-hybridized carbons (Fsp3) is 0.364. The van der Waals surface area contributed by atoms with Gasteiger partial charge in [-0.1, -0.05) is 33.6 Å². The lowest BCUT2D eigenvalue weighted by atomic mass is 10.2. The van der Waals surface area contributed by atoms with E-state index >= 15 is 0 Å². The minimum absolute atomic E-state index is 0.0125. The van der Waals surface area contributed by atoms with Crippen molar-refractivity contribution in [2.45, 2.75) is 6.42 Å². The molecule has 0 radical (unpaired) electrons. The molecule has 1 aromatic rings. The van der Waals surface area contributed by atoms with E-state index in [-0.39, 0.29) is 5.91 Å². The molecule has 0 N–H and O–H groups in total. The summed E-state index contributed by atoms with van der Waals surface area (Å²) in [5, 5.41) is 1.50. The Morgan fingerprint density at radius 2 is 2.27 bits per heavy atom. The lowest BCUT2D eigenvalue weighted by Gasteiger charge is -2.16.